The quantitative estimate of drug-likeness (QED) is 0.592. The number of carbonyl (C=O) groups is 2. The first-order chi connectivity index (χ1) is 15.9. The lowest BCUT2D eigenvalue weighted by Crippen LogP contribution is -2.31. The highest BCUT2D eigenvalue weighted by Gasteiger charge is 2.41. The van der Waals surface area contributed by atoms with Gasteiger partial charge < -0.3 is 14.7 Å². The number of aryl methyl sites for hydroxylation is 2. The molecule has 0 aromatic heterocycles. The maximum absolute atomic E-state index is 13.0. The Labute approximate surface area is 193 Å². The van der Waals surface area contributed by atoms with Gasteiger partial charge in [0.25, 0.3) is 0 Å². The summed E-state index contributed by atoms with van der Waals surface area (Å²) in [5, 5.41) is 9.81. The van der Waals surface area contributed by atoms with E-state index in [1.165, 1.54) is 11.1 Å². The number of carboxylic acid groups (broad SMARTS) is 1. The monoisotopic (exact) mass is 441 g/mol. The van der Waals surface area contributed by atoms with Gasteiger partial charge in [-0.3, -0.25) is 4.79 Å². The second-order valence-electron chi connectivity index (χ2n) is 9.10. The van der Waals surface area contributed by atoms with Crippen LogP contribution in [0.25, 0.3) is 11.1 Å². The third-order valence-corrected chi connectivity index (χ3v) is 7.19. The number of ether oxygens (including phenoxy) is 1. The van der Waals surface area contributed by atoms with Crippen LogP contribution < -0.4 is 0 Å². The van der Waals surface area contributed by atoms with Gasteiger partial charge in [-0.05, 0) is 52.8 Å². The number of carbonyl (C=O) groups excluding carboxylic acids is 1. The fourth-order valence-corrected chi connectivity index (χ4v) is 5.22. The van der Waals surface area contributed by atoms with Gasteiger partial charge >= 0.3 is 12.1 Å². The van der Waals surface area contributed by atoms with Crippen molar-refractivity contribution >= 4 is 12.1 Å². The zero-order valence-corrected chi connectivity index (χ0v) is 18.8. The van der Waals surface area contributed by atoms with Crippen molar-refractivity contribution in [3.63, 3.8) is 0 Å². The summed E-state index contributed by atoms with van der Waals surface area (Å²) >= 11 is 0. The number of likely N-dealkylation sites (tertiary alicyclic amines) is 1. The first-order valence-corrected chi connectivity index (χ1v) is 11.3. The first-order valence-electron chi connectivity index (χ1n) is 11.3. The summed E-state index contributed by atoms with van der Waals surface area (Å²) in [6.07, 6.45) is -0.450. The molecule has 1 saturated heterocycles. The summed E-state index contributed by atoms with van der Waals surface area (Å²) < 4.78 is 5.77. The lowest BCUT2D eigenvalue weighted by atomic mass is 9.87. The van der Waals surface area contributed by atoms with E-state index in [0.29, 0.717) is 6.54 Å². The van der Waals surface area contributed by atoms with E-state index in [2.05, 4.69) is 24.3 Å². The van der Waals surface area contributed by atoms with Crippen LogP contribution in [0.5, 0.6) is 0 Å². The Morgan fingerprint density at radius 3 is 2.15 bits per heavy atom. The molecule has 2 unspecified atom stereocenters. The van der Waals surface area contributed by atoms with Crippen molar-refractivity contribution in [2.45, 2.75) is 25.7 Å². The molecule has 1 heterocycles. The van der Waals surface area contributed by atoms with Crippen molar-refractivity contribution in [1.29, 1.82) is 0 Å². The van der Waals surface area contributed by atoms with Gasteiger partial charge in [-0.15, -0.1) is 0 Å². The minimum atomic E-state index is -0.882. The van der Waals surface area contributed by atoms with Crippen LogP contribution in [0.2, 0.25) is 0 Å². The number of nitrogens with zero attached hydrogens (tertiary/aromatic N) is 1. The number of amides is 1. The molecule has 0 saturated carbocycles. The highest BCUT2D eigenvalue weighted by Crippen LogP contribution is 2.44. The van der Waals surface area contributed by atoms with Gasteiger partial charge in [0.05, 0.1) is 5.92 Å². The zero-order valence-electron chi connectivity index (χ0n) is 18.8. The summed E-state index contributed by atoms with van der Waals surface area (Å²) in [6.45, 7) is 4.79. The zero-order chi connectivity index (χ0) is 23.1. The lowest BCUT2D eigenvalue weighted by Gasteiger charge is -2.19. The van der Waals surface area contributed by atoms with E-state index in [-0.39, 0.29) is 25.0 Å². The molecule has 0 spiro atoms. The number of aliphatic carboxylic acids is 1. The van der Waals surface area contributed by atoms with E-state index >= 15 is 0 Å². The molecule has 3 aromatic rings. The summed E-state index contributed by atoms with van der Waals surface area (Å²) in [5.41, 5.74) is 7.91. The molecule has 1 fully saturated rings. The van der Waals surface area contributed by atoms with Crippen LogP contribution in [0.4, 0.5) is 4.79 Å². The molecular formula is C28H27NO4. The third-order valence-electron chi connectivity index (χ3n) is 7.19. The van der Waals surface area contributed by atoms with Crippen molar-refractivity contribution in [1.82, 2.24) is 4.90 Å². The number of fused-ring (bicyclic) bond motifs is 3. The fourth-order valence-electron chi connectivity index (χ4n) is 5.22. The highest BCUT2D eigenvalue weighted by atomic mass is 16.6. The van der Waals surface area contributed by atoms with E-state index in [0.717, 1.165) is 27.8 Å². The number of hydrogen-bond acceptors (Lipinski definition) is 3. The fraction of sp³-hybridized carbons (Fsp3) is 0.286. The van der Waals surface area contributed by atoms with Crippen molar-refractivity contribution in [3.8, 4) is 11.1 Å². The molecule has 1 aliphatic heterocycles. The summed E-state index contributed by atoms with van der Waals surface area (Å²) in [5.74, 6) is -1.79. The van der Waals surface area contributed by atoms with E-state index in [4.69, 9.17) is 4.74 Å². The van der Waals surface area contributed by atoms with Crippen LogP contribution in [-0.4, -0.2) is 41.8 Å². The van der Waals surface area contributed by atoms with Crippen LogP contribution in [-0.2, 0) is 9.53 Å². The van der Waals surface area contributed by atoms with Crippen molar-refractivity contribution in [3.05, 3.63) is 94.5 Å². The average Bonchev–Trinajstić information content (AvgIpc) is 3.40. The van der Waals surface area contributed by atoms with Gasteiger partial charge in [-0.1, -0.05) is 66.7 Å². The van der Waals surface area contributed by atoms with Gasteiger partial charge in [0, 0.05) is 24.9 Å². The number of carboxylic acids is 1. The standard InChI is InChI=1S/C28H27NO4/c1-17-11-12-19(13-18(17)2)24-14-29(15-25(24)27(30)31)28(32)33-16-26-22-9-5-3-7-20(22)21-8-4-6-10-23(21)26/h3-13,24-26H,14-16H2,1-2H3,(H,30,31). The van der Waals surface area contributed by atoms with Gasteiger partial charge in [0.1, 0.15) is 6.61 Å². The molecule has 5 nitrogen and oxygen atoms in total. The molecular weight excluding hydrogens is 414 g/mol. The SMILES string of the molecule is Cc1ccc(C2CN(C(=O)OCC3c4ccccc4-c4ccccc43)CC2C(=O)O)cc1C. The molecule has 0 radical (unpaired) electrons. The van der Waals surface area contributed by atoms with Gasteiger partial charge in [0.2, 0.25) is 0 Å². The maximum atomic E-state index is 13.0. The summed E-state index contributed by atoms with van der Waals surface area (Å²) in [4.78, 5) is 26.5. The minimum absolute atomic E-state index is 0.0187. The molecule has 1 aliphatic carbocycles. The Morgan fingerprint density at radius 1 is 0.909 bits per heavy atom. The van der Waals surface area contributed by atoms with Crippen LogP contribution >= 0.6 is 0 Å². The molecule has 2 atom stereocenters. The lowest BCUT2D eigenvalue weighted by molar-refractivity contribution is -0.141. The normalized spacial score (nSPS) is 19.3. The van der Waals surface area contributed by atoms with E-state index < -0.39 is 18.0 Å². The van der Waals surface area contributed by atoms with Gasteiger partial charge in [-0.2, -0.15) is 0 Å². The van der Waals surface area contributed by atoms with Crippen LogP contribution in [0.3, 0.4) is 0 Å². The van der Waals surface area contributed by atoms with Crippen LogP contribution in [0, 0.1) is 19.8 Å². The molecule has 1 amide bonds. The average molecular weight is 442 g/mol. The molecule has 5 rings (SSSR count). The van der Waals surface area contributed by atoms with Crippen LogP contribution in [0.15, 0.2) is 66.7 Å². The number of hydrogen-bond donors (Lipinski definition) is 1. The van der Waals surface area contributed by atoms with E-state index in [1.807, 2.05) is 56.3 Å². The Morgan fingerprint density at radius 2 is 1.55 bits per heavy atom. The highest BCUT2D eigenvalue weighted by molar-refractivity contribution is 5.79. The predicted octanol–water partition coefficient (Wildman–Crippen LogP) is 5.35. The molecule has 3 aromatic carbocycles. The summed E-state index contributed by atoms with van der Waals surface area (Å²) in [7, 11) is 0. The van der Waals surface area contributed by atoms with E-state index in [9.17, 15) is 14.7 Å². The molecule has 1 N–H and O–H groups in total. The third kappa shape index (κ3) is 3.78. The maximum Gasteiger partial charge on any atom is 0.409 e. The van der Waals surface area contributed by atoms with Crippen molar-refractivity contribution < 1.29 is 19.4 Å². The largest absolute Gasteiger partial charge is 0.481 e. The first kappa shape index (κ1) is 21.3. The Bertz CT molecular complexity index is 1190. The summed E-state index contributed by atoms with van der Waals surface area (Å²) in [6, 6.07) is 22.4. The Kier molecular flexibility index (Phi) is 5.41. The van der Waals surface area contributed by atoms with Gasteiger partial charge in [-0.25, -0.2) is 4.79 Å². The minimum Gasteiger partial charge on any atom is -0.481 e. The van der Waals surface area contributed by atoms with E-state index in [1.54, 1.807) is 4.90 Å². The second kappa shape index (κ2) is 8.39. The topological polar surface area (TPSA) is 66.8 Å². The van der Waals surface area contributed by atoms with Crippen molar-refractivity contribution in [2.24, 2.45) is 5.92 Å². The number of benzene rings is 3. The Hall–Kier alpha value is -3.60. The Balaban J connectivity index is 1.32. The van der Waals surface area contributed by atoms with Crippen LogP contribution in [0.1, 0.15) is 39.7 Å². The molecule has 33 heavy (non-hydrogen) atoms. The molecule has 2 aliphatic rings. The smallest absolute Gasteiger partial charge is 0.409 e. The number of rotatable bonds is 4. The van der Waals surface area contributed by atoms with Gasteiger partial charge in [0.15, 0.2) is 0 Å². The van der Waals surface area contributed by atoms with Crippen molar-refractivity contribution in [2.75, 3.05) is 19.7 Å². The molecule has 0 bridgehead atoms. The predicted molar refractivity (Wildman–Crippen MR) is 126 cm³/mol. The molecule has 5 heteroatoms. The second-order valence-corrected chi connectivity index (χ2v) is 9.10. The molecule has 168 valence electrons.